The fourth-order valence-corrected chi connectivity index (χ4v) is 6.93. The van der Waals surface area contributed by atoms with Crippen molar-refractivity contribution in [2.75, 3.05) is 18.4 Å². The molecule has 5 N–H and O–H groups in total. The van der Waals surface area contributed by atoms with Crippen LogP contribution in [0.2, 0.25) is 0 Å². The number of hydrogen-bond acceptors (Lipinski definition) is 6. The maximum absolute atomic E-state index is 14.3. The van der Waals surface area contributed by atoms with E-state index in [1.807, 2.05) is 6.07 Å². The Labute approximate surface area is 283 Å². The Morgan fingerprint density at radius 3 is 2.40 bits per heavy atom. The molecule has 14 nitrogen and oxygen atoms in total. The third-order valence-electron chi connectivity index (χ3n) is 9.04. The molecule has 0 spiro atoms. The number of halogens is 2. The van der Waals surface area contributed by atoms with Crippen LogP contribution in [0.15, 0.2) is 77.7 Å². The number of carbonyl (C=O) groups is 4. The number of anilines is 1. The van der Waals surface area contributed by atoms with Gasteiger partial charge in [0.25, 0.3) is 11.5 Å². The van der Waals surface area contributed by atoms with Crippen LogP contribution in [0, 0.1) is 0 Å². The van der Waals surface area contributed by atoms with Crippen LogP contribution in [-0.2, 0) is 24.6 Å². The second-order valence-corrected chi connectivity index (χ2v) is 13.9. The van der Waals surface area contributed by atoms with Crippen LogP contribution in [0.25, 0.3) is 16.6 Å². The lowest BCUT2D eigenvalue weighted by molar-refractivity contribution is -0.143. The van der Waals surface area contributed by atoms with E-state index in [-0.39, 0.29) is 46.8 Å². The largest absolute Gasteiger partial charge is 0.399 e. The summed E-state index contributed by atoms with van der Waals surface area (Å²) < 4.78 is 41.4. The number of aromatic amines is 1. The normalized spacial score (nSPS) is 19.9. The molecule has 2 saturated heterocycles. The van der Waals surface area contributed by atoms with E-state index in [9.17, 15) is 37.3 Å². The number of pyridine rings is 1. The maximum atomic E-state index is 14.3. The highest BCUT2D eigenvalue weighted by Crippen LogP contribution is 2.59. The topological polar surface area (TPSA) is 194 Å². The Kier molecular flexibility index (Phi) is 9.20. The summed E-state index contributed by atoms with van der Waals surface area (Å²) in [5.74, 6) is -2.27. The third kappa shape index (κ3) is 6.69. The van der Waals surface area contributed by atoms with Crippen LogP contribution in [-0.4, -0.2) is 84.0 Å². The standard InChI is InChI=1S/C33H33F2N6O8P/c1-19(42)39-13-12-24-8-10-28(31(45)36-22-11-14-40(29(43)17-22)23-5-3-2-4-6-23)41(24)32(46)27(18-39)38-30(44)26-16-20-15-21(7-9-25(20)37-26)33(34,35)50(47,48)49/h2-7,9,11,14-17,24,27-28,37H,8,10,12-13,18H2,1H3,(H,36,45)(H,38,44)(H2,47,48,49)/t24-,27+,28+/m1/s1. The Hall–Kier alpha value is -5.18. The van der Waals surface area contributed by atoms with E-state index in [1.165, 1.54) is 39.6 Å². The van der Waals surface area contributed by atoms with Gasteiger partial charge in [-0.1, -0.05) is 24.3 Å². The first kappa shape index (κ1) is 34.7. The van der Waals surface area contributed by atoms with Gasteiger partial charge < -0.3 is 35.2 Å². The number of carbonyl (C=O) groups excluding carboxylic acids is 4. The summed E-state index contributed by atoms with van der Waals surface area (Å²) >= 11 is 0. The molecule has 0 unspecified atom stereocenters. The molecule has 4 aromatic rings. The molecule has 3 atom stereocenters. The number of fused-ring (bicyclic) bond motifs is 2. The fourth-order valence-electron chi connectivity index (χ4n) is 6.46. The lowest BCUT2D eigenvalue weighted by Gasteiger charge is -2.38. The van der Waals surface area contributed by atoms with Crippen LogP contribution in [0.5, 0.6) is 0 Å². The van der Waals surface area contributed by atoms with Crippen LogP contribution >= 0.6 is 7.60 Å². The van der Waals surface area contributed by atoms with Gasteiger partial charge in [-0.2, -0.15) is 8.78 Å². The van der Waals surface area contributed by atoms with Crippen molar-refractivity contribution >= 4 is 47.8 Å². The minimum atomic E-state index is -5.83. The van der Waals surface area contributed by atoms with Gasteiger partial charge in [0.05, 0.1) is 0 Å². The zero-order valence-electron chi connectivity index (χ0n) is 26.6. The van der Waals surface area contributed by atoms with Gasteiger partial charge >= 0.3 is 13.3 Å². The second-order valence-electron chi connectivity index (χ2n) is 12.3. The average Bonchev–Trinajstić information content (AvgIpc) is 3.69. The summed E-state index contributed by atoms with van der Waals surface area (Å²) in [4.78, 5) is 90.3. The number of amides is 4. The first-order valence-electron chi connectivity index (χ1n) is 15.7. The SMILES string of the molecule is CC(=O)N1CC[C@H]2CC[C@@H](C(=O)Nc3ccn(-c4ccccc4)c(=O)c3)N2C(=O)[C@@H](NC(=O)c2cc3cc(C(F)(F)P(=O)(O)O)ccc3[nH]2)C1. The van der Waals surface area contributed by atoms with E-state index in [1.54, 1.807) is 30.3 Å². The van der Waals surface area contributed by atoms with Crippen LogP contribution in [0.1, 0.15) is 42.2 Å². The van der Waals surface area contributed by atoms with Crippen molar-refractivity contribution in [1.82, 2.24) is 24.7 Å². The van der Waals surface area contributed by atoms with Gasteiger partial charge in [0, 0.05) is 66.2 Å². The van der Waals surface area contributed by atoms with Gasteiger partial charge in [-0.25, -0.2) is 0 Å². The lowest BCUT2D eigenvalue weighted by Crippen LogP contribution is -2.60. The zero-order chi connectivity index (χ0) is 36.0. The number of para-hydroxylation sites is 1. The molecule has 0 saturated carbocycles. The average molecular weight is 711 g/mol. The van der Waals surface area contributed by atoms with Crippen molar-refractivity contribution in [1.29, 1.82) is 0 Å². The molecule has 4 heterocycles. The molecular weight excluding hydrogens is 677 g/mol. The van der Waals surface area contributed by atoms with Crippen molar-refractivity contribution < 1.29 is 42.3 Å². The summed E-state index contributed by atoms with van der Waals surface area (Å²) in [6, 6.07) is 13.1. The summed E-state index contributed by atoms with van der Waals surface area (Å²) in [5, 5.41) is 5.41. The highest BCUT2D eigenvalue weighted by atomic mass is 31.2. The van der Waals surface area contributed by atoms with Crippen molar-refractivity contribution in [3.8, 4) is 5.69 Å². The molecule has 0 aliphatic carbocycles. The Bertz CT molecular complexity index is 2100. The van der Waals surface area contributed by atoms with Gasteiger partial charge in [-0.05, 0) is 55.7 Å². The number of hydrogen-bond donors (Lipinski definition) is 5. The van der Waals surface area contributed by atoms with Crippen molar-refractivity contribution in [3.05, 3.63) is 94.5 Å². The number of H-pyrrole nitrogens is 1. The van der Waals surface area contributed by atoms with Crippen molar-refractivity contribution in [2.24, 2.45) is 0 Å². The molecule has 2 aromatic carbocycles. The molecular formula is C33H33F2N6O8P. The predicted octanol–water partition coefficient (Wildman–Crippen LogP) is 2.89. The van der Waals surface area contributed by atoms with Gasteiger partial charge in [0.1, 0.15) is 17.8 Å². The van der Waals surface area contributed by atoms with E-state index in [2.05, 4.69) is 15.6 Å². The first-order valence-corrected chi connectivity index (χ1v) is 17.3. The van der Waals surface area contributed by atoms with Gasteiger partial charge in [0.15, 0.2) is 0 Å². The maximum Gasteiger partial charge on any atom is 0.399 e. The number of nitrogens with zero attached hydrogens (tertiary/aromatic N) is 3. The summed E-state index contributed by atoms with van der Waals surface area (Å²) in [6.45, 7) is 1.39. The van der Waals surface area contributed by atoms with Crippen LogP contribution < -0.4 is 16.2 Å². The number of nitrogens with one attached hydrogen (secondary N) is 3. The minimum absolute atomic E-state index is 0.0583. The van der Waals surface area contributed by atoms with Gasteiger partial charge in [-0.15, -0.1) is 0 Å². The number of benzene rings is 2. The number of alkyl halides is 2. The molecule has 6 rings (SSSR count). The molecule has 50 heavy (non-hydrogen) atoms. The minimum Gasteiger partial charge on any atom is -0.351 e. The molecule has 2 aromatic heterocycles. The van der Waals surface area contributed by atoms with E-state index < -0.39 is 54.7 Å². The van der Waals surface area contributed by atoms with Gasteiger partial charge in [-0.3, -0.25) is 33.1 Å². The Morgan fingerprint density at radius 1 is 0.980 bits per heavy atom. The zero-order valence-corrected chi connectivity index (χ0v) is 27.5. The molecule has 262 valence electrons. The van der Waals surface area contributed by atoms with E-state index in [0.29, 0.717) is 24.9 Å². The Balaban J connectivity index is 1.23. The van der Waals surface area contributed by atoms with E-state index >= 15 is 0 Å². The number of aromatic nitrogens is 2. The fraction of sp³-hybridized carbons (Fsp3) is 0.303. The quantitative estimate of drug-likeness (QED) is 0.181. The molecule has 0 bridgehead atoms. The lowest BCUT2D eigenvalue weighted by atomic mass is 10.1. The Morgan fingerprint density at radius 2 is 1.72 bits per heavy atom. The van der Waals surface area contributed by atoms with E-state index in [0.717, 1.165) is 18.2 Å². The monoisotopic (exact) mass is 710 g/mol. The molecule has 2 aliphatic heterocycles. The summed E-state index contributed by atoms with van der Waals surface area (Å²) in [5.41, 5.74) is -4.83. The summed E-state index contributed by atoms with van der Waals surface area (Å²) in [7, 11) is -5.83. The molecule has 0 radical (unpaired) electrons. The van der Waals surface area contributed by atoms with Crippen LogP contribution in [0.4, 0.5) is 14.5 Å². The molecule has 2 aliphatic rings. The molecule has 17 heteroatoms. The first-order chi connectivity index (χ1) is 23.6. The second kappa shape index (κ2) is 13.3. The predicted molar refractivity (Wildman–Crippen MR) is 177 cm³/mol. The summed E-state index contributed by atoms with van der Waals surface area (Å²) in [6.07, 6.45) is 2.68. The smallest absolute Gasteiger partial charge is 0.351 e. The highest BCUT2D eigenvalue weighted by molar-refractivity contribution is 7.52. The molecule has 4 amide bonds. The number of rotatable bonds is 7. The van der Waals surface area contributed by atoms with E-state index in [4.69, 9.17) is 9.79 Å². The molecule has 2 fully saturated rings. The highest BCUT2D eigenvalue weighted by Gasteiger charge is 2.50. The van der Waals surface area contributed by atoms with Crippen molar-refractivity contribution in [3.63, 3.8) is 0 Å². The van der Waals surface area contributed by atoms with Crippen molar-refractivity contribution in [2.45, 2.75) is 50.0 Å². The van der Waals surface area contributed by atoms with Gasteiger partial charge in [0.2, 0.25) is 17.7 Å². The van der Waals surface area contributed by atoms with Crippen LogP contribution in [0.3, 0.4) is 0 Å². The third-order valence-corrected chi connectivity index (χ3v) is 10.0.